The molecule has 2 N–H and O–H groups in total. The molecule has 5 nitrogen and oxygen atoms in total. The Labute approximate surface area is 93.0 Å². The molecule has 0 aromatic carbocycles. The Balaban J connectivity index is 3.34. The van der Waals surface area contributed by atoms with Crippen LogP contribution in [0.3, 0.4) is 0 Å². The molecule has 0 saturated carbocycles. The van der Waals surface area contributed by atoms with Crippen LogP contribution in [0.15, 0.2) is 23.3 Å². The van der Waals surface area contributed by atoms with Gasteiger partial charge in [-0.05, 0) is 12.5 Å². The predicted octanol–water partition coefficient (Wildman–Crippen LogP) is 1.06. The molecule has 0 spiro atoms. The van der Waals surface area contributed by atoms with E-state index in [1.165, 1.54) is 26.2 Å². The second kappa shape index (κ2) is 4.09. The Morgan fingerprint density at radius 2 is 1.94 bits per heavy atom. The summed E-state index contributed by atoms with van der Waals surface area (Å²) < 4.78 is 5.07. The first-order valence-corrected chi connectivity index (χ1v) is 4.78. The normalized spacial score (nSPS) is 29.3. The largest absolute Gasteiger partial charge is 0.479 e. The van der Waals surface area contributed by atoms with Crippen LogP contribution in [0.1, 0.15) is 13.8 Å². The molecule has 1 rings (SSSR count). The zero-order valence-electron chi connectivity index (χ0n) is 9.35. The summed E-state index contributed by atoms with van der Waals surface area (Å²) in [5, 5.41) is 18.2. The lowest BCUT2D eigenvalue weighted by molar-refractivity contribution is -0.162. The second-order valence-electron chi connectivity index (χ2n) is 3.74. The summed E-state index contributed by atoms with van der Waals surface area (Å²) in [6.07, 6.45) is 2.89. The molecular formula is C11H14O5. The van der Waals surface area contributed by atoms with Crippen molar-refractivity contribution >= 4 is 11.9 Å². The van der Waals surface area contributed by atoms with Crippen molar-refractivity contribution in [1.82, 2.24) is 0 Å². The Bertz CT molecular complexity index is 393. The van der Waals surface area contributed by atoms with Gasteiger partial charge in [-0.25, -0.2) is 9.59 Å². The van der Waals surface area contributed by atoms with Crippen LogP contribution in [-0.2, 0) is 14.3 Å². The first kappa shape index (κ1) is 12.4. The van der Waals surface area contributed by atoms with Crippen LogP contribution < -0.4 is 0 Å². The SMILES string of the molecule is COC1(C(=O)O)C(C)=CC=C(C(=O)O)C1C. The van der Waals surface area contributed by atoms with Gasteiger partial charge in [0, 0.05) is 18.6 Å². The number of ether oxygens (including phenoxy) is 1. The van der Waals surface area contributed by atoms with E-state index >= 15 is 0 Å². The molecule has 0 aromatic rings. The number of carbonyl (C=O) groups is 2. The third-order valence-electron chi connectivity index (χ3n) is 3.06. The molecule has 2 atom stereocenters. The fourth-order valence-electron chi connectivity index (χ4n) is 2.08. The number of hydrogen-bond donors (Lipinski definition) is 2. The first-order valence-electron chi connectivity index (χ1n) is 4.78. The smallest absolute Gasteiger partial charge is 0.340 e. The van der Waals surface area contributed by atoms with Crippen molar-refractivity contribution in [2.75, 3.05) is 7.11 Å². The lowest BCUT2D eigenvalue weighted by atomic mass is 9.74. The van der Waals surface area contributed by atoms with Gasteiger partial charge in [-0.3, -0.25) is 0 Å². The van der Waals surface area contributed by atoms with Crippen molar-refractivity contribution in [1.29, 1.82) is 0 Å². The van der Waals surface area contributed by atoms with E-state index in [1.54, 1.807) is 6.92 Å². The van der Waals surface area contributed by atoms with Gasteiger partial charge >= 0.3 is 11.9 Å². The molecule has 1 aliphatic rings. The number of carboxylic acids is 2. The Kier molecular flexibility index (Phi) is 3.19. The molecule has 1 aliphatic carbocycles. The van der Waals surface area contributed by atoms with Crippen LogP contribution in [0.5, 0.6) is 0 Å². The third-order valence-corrected chi connectivity index (χ3v) is 3.06. The summed E-state index contributed by atoms with van der Waals surface area (Å²) >= 11 is 0. The number of carboxylic acid groups (broad SMARTS) is 2. The van der Waals surface area contributed by atoms with E-state index in [0.29, 0.717) is 5.57 Å². The zero-order chi connectivity index (χ0) is 12.5. The standard InChI is InChI=1S/C11H14O5/c1-6-4-5-8(9(12)13)7(2)11(6,16-3)10(14)15/h4-5,7H,1-3H3,(H,12,13)(H,14,15). The average molecular weight is 226 g/mol. The van der Waals surface area contributed by atoms with Crippen molar-refractivity contribution in [2.24, 2.45) is 5.92 Å². The minimum atomic E-state index is -1.58. The molecule has 0 saturated heterocycles. The molecule has 88 valence electrons. The molecule has 0 fully saturated rings. The summed E-state index contributed by atoms with van der Waals surface area (Å²) in [5.74, 6) is -3.04. The Hall–Kier alpha value is -1.62. The van der Waals surface area contributed by atoms with E-state index in [2.05, 4.69) is 0 Å². The van der Waals surface area contributed by atoms with E-state index in [1.807, 2.05) is 0 Å². The van der Waals surface area contributed by atoms with Crippen LogP contribution in [-0.4, -0.2) is 34.9 Å². The van der Waals surface area contributed by atoms with Crippen LogP contribution in [0.4, 0.5) is 0 Å². The highest BCUT2D eigenvalue weighted by molar-refractivity contribution is 5.93. The number of methoxy groups -OCH3 is 1. The van der Waals surface area contributed by atoms with E-state index < -0.39 is 23.5 Å². The quantitative estimate of drug-likeness (QED) is 0.751. The van der Waals surface area contributed by atoms with Crippen LogP contribution in [0.25, 0.3) is 0 Å². The number of aliphatic carboxylic acids is 2. The van der Waals surface area contributed by atoms with Crippen molar-refractivity contribution in [3.8, 4) is 0 Å². The molecule has 0 amide bonds. The van der Waals surface area contributed by atoms with Crippen molar-refractivity contribution in [3.63, 3.8) is 0 Å². The third kappa shape index (κ3) is 1.53. The maximum atomic E-state index is 11.3. The van der Waals surface area contributed by atoms with Gasteiger partial charge in [0.1, 0.15) is 0 Å². The van der Waals surface area contributed by atoms with Gasteiger partial charge in [-0.1, -0.05) is 19.1 Å². The summed E-state index contributed by atoms with van der Waals surface area (Å²) in [7, 11) is 1.27. The number of allylic oxidation sites excluding steroid dienone is 2. The second-order valence-corrected chi connectivity index (χ2v) is 3.74. The zero-order valence-corrected chi connectivity index (χ0v) is 9.35. The minimum Gasteiger partial charge on any atom is -0.479 e. The minimum absolute atomic E-state index is 0.0369. The lowest BCUT2D eigenvalue weighted by Gasteiger charge is -2.37. The summed E-state index contributed by atoms with van der Waals surface area (Å²) in [6, 6.07) is 0. The topological polar surface area (TPSA) is 83.8 Å². The summed E-state index contributed by atoms with van der Waals surface area (Å²) in [6.45, 7) is 3.15. The molecular weight excluding hydrogens is 212 g/mol. The molecule has 5 heteroatoms. The first-order chi connectivity index (χ1) is 7.37. The monoisotopic (exact) mass is 226 g/mol. The van der Waals surface area contributed by atoms with E-state index in [4.69, 9.17) is 9.84 Å². The molecule has 0 aliphatic heterocycles. The maximum Gasteiger partial charge on any atom is 0.340 e. The Morgan fingerprint density at radius 1 is 1.38 bits per heavy atom. The van der Waals surface area contributed by atoms with E-state index in [-0.39, 0.29) is 5.57 Å². The lowest BCUT2D eigenvalue weighted by Crippen LogP contribution is -2.50. The fraction of sp³-hybridized carbons (Fsp3) is 0.455. The van der Waals surface area contributed by atoms with Gasteiger partial charge in [-0.15, -0.1) is 0 Å². The molecule has 16 heavy (non-hydrogen) atoms. The molecule has 0 heterocycles. The molecule has 0 radical (unpaired) electrons. The van der Waals surface area contributed by atoms with Gasteiger partial charge in [0.15, 0.2) is 5.60 Å². The van der Waals surface area contributed by atoms with Crippen LogP contribution in [0, 0.1) is 5.92 Å². The van der Waals surface area contributed by atoms with Gasteiger partial charge in [0.05, 0.1) is 0 Å². The van der Waals surface area contributed by atoms with Gasteiger partial charge in [-0.2, -0.15) is 0 Å². The molecule has 0 bridgehead atoms. The number of rotatable bonds is 3. The summed E-state index contributed by atoms with van der Waals surface area (Å²) in [4.78, 5) is 22.3. The molecule has 2 unspecified atom stereocenters. The van der Waals surface area contributed by atoms with Gasteiger partial charge in [0.25, 0.3) is 0 Å². The van der Waals surface area contributed by atoms with Gasteiger partial charge < -0.3 is 14.9 Å². The van der Waals surface area contributed by atoms with Gasteiger partial charge in [0.2, 0.25) is 0 Å². The van der Waals surface area contributed by atoms with Crippen LogP contribution >= 0.6 is 0 Å². The Morgan fingerprint density at radius 3 is 2.31 bits per heavy atom. The highest BCUT2D eigenvalue weighted by atomic mass is 16.5. The predicted molar refractivity (Wildman–Crippen MR) is 56.0 cm³/mol. The molecule has 0 aromatic heterocycles. The highest BCUT2D eigenvalue weighted by Gasteiger charge is 2.49. The fourth-order valence-corrected chi connectivity index (χ4v) is 2.08. The van der Waals surface area contributed by atoms with Crippen LogP contribution in [0.2, 0.25) is 0 Å². The van der Waals surface area contributed by atoms with Crippen molar-refractivity contribution in [3.05, 3.63) is 23.3 Å². The van der Waals surface area contributed by atoms with E-state index in [0.717, 1.165) is 0 Å². The van der Waals surface area contributed by atoms with Crippen molar-refractivity contribution in [2.45, 2.75) is 19.4 Å². The summed E-state index contributed by atoms with van der Waals surface area (Å²) in [5.41, 5.74) is -1.06. The van der Waals surface area contributed by atoms with Crippen molar-refractivity contribution < 1.29 is 24.5 Å². The van der Waals surface area contributed by atoms with E-state index in [9.17, 15) is 14.7 Å². The highest BCUT2D eigenvalue weighted by Crippen LogP contribution is 2.38. The maximum absolute atomic E-state index is 11.3. The number of hydrogen-bond acceptors (Lipinski definition) is 3. The average Bonchev–Trinajstić information content (AvgIpc) is 2.17.